The van der Waals surface area contributed by atoms with Gasteiger partial charge in [-0.2, -0.15) is 0 Å². The zero-order valence-electron chi connectivity index (χ0n) is 15.5. The molecule has 0 radical (unpaired) electrons. The highest BCUT2D eigenvalue weighted by Gasteiger charge is 2.09. The zero-order valence-corrected chi connectivity index (χ0v) is 16.3. The molecule has 0 saturated heterocycles. The van der Waals surface area contributed by atoms with Crippen LogP contribution in [0.3, 0.4) is 0 Å². The molecule has 136 valence electrons. The first-order valence-corrected chi connectivity index (χ1v) is 9.56. The smallest absolute Gasteiger partial charge is 0.191 e. The maximum absolute atomic E-state index is 5.20. The quantitative estimate of drug-likeness (QED) is 0.326. The van der Waals surface area contributed by atoms with Crippen LogP contribution in [-0.4, -0.2) is 36.5 Å². The van der Waals surface area contributed by atoms with Crippen LogP contribution in [0, 0.1) is 13.8 Å². The Hall–Kier alpha value is -1.95. The van der Waals surface area contributed by atoms with Crippen molar-refractivity contribution in [3.63, 3.8) is 0 Å². The summed E-state index contributed by atoms with van der Waals surface area (Å²) >= 11 is 1.86. The number of benzene rings is 1. The van der Waals surface area contributed by atoms with Gasteiger partial charge in [0.15, 0.2) is 5.96 Å². The second kappa shape index (κ2) is 10.1. The highest BCUT2D eigenvalue weighted by molar-refractivity contribution is 8.00. The molecule has 0 amide bonds. The molecule has 1 aromatic carbocycles. The fraction of sp³-hybridized carbons (Fsp3) is 0.474. The monoisotopic (exact) mass is 360 g/mol. The molecule has 0 aliphatic heterocycles. The minimum Gasteiger partial charge on any atom is -0.361 e. The van der Waals surface area contributed by atoms with Crippen LogP contribution in [0.15, 0.2) is 44.7 Å². The number of hydrogen-bond donors (Lipinski definition) is 2. The predicted molar refractivity (Wildman–Crippen MR) is 105 cm³/mol. The van der Waals surface area contributed by atoms with Crippen LogP contribution < -0.4 is 10.6 Å². The Bertz CT molecular complexity index is 650. The van der Waals surface area contributed by atoms with Crippen LogP contribution in [0.2, 0.25) is 0 Å². The molecule has 6 heteroatoms. The van der Waals surface area contributed by atoms with Crippen LogP contribution in [0.5, 0.6) is 0 Å². The van der Waals surface area contributed by atoms with Crippen LogP contribution in [0.1, 0.15) is 30.4 Å². The number of aliphatic imine (C=N–C) groups is 1. The van der Waals surface area contributed by atoms with E-state index >= 15 is 0 Å². The number of rotatable bonds is 8. The second-order valence-corrected chi connectivity index (χ2v) is 7.54. The summed E-state index contributed by atoms with van der Waals surface area (Å²) in [4.78, 5) is 5.58. The van der Waals surface area contributed by atoms with Crippen LogP contribution >= 0.6 is 11.8 Å². The lowest BCUT2D eigenvalue weighted by molar-refractivity contribution is 0.392. The average Bonchev–Trinajstić information content (AvgIpc) is 2.93. The van der Waals surface area contributed by atoms with Crippen molar-refractivity contribution in [1.82, 2.24) is 15.8 Å². The molecule has 1 atom stereocenters. The van der Waals surface area contributed by atoms with Crippen molar-refractivity contribution in [2.24, 2.45) is 4.99 Å². The van der Waals surface area contributed by atoms with Gasteiger partial charge in [-0.15, -0.1) is 11.8 Å². The number of nitrogens with one attached hydrogen (secondary N) is 2. The molecule has 25 heavy (non-hydrogen) atoms. The first-order chi connectivity index (χ1) is 12.1. The Morgan fingerprint density at radius 3 is 2.64 bits per heavy atom. The summed E-state index contributed by atoms with van der Waals surface area (Å²) < 4.78 is 5.20. The molecule has 1 unspecified atom stereocenters. The Labute approximate surface area is 154 Å². The van der Waals surface area contributed by atoms with Gasteiger partial charge in [-0.25, -0.2) is 0 Å². The van der Waals surface area contributed by atoms with Gasteiger partial charge in [-0.05, 0) is 38.8 Å². The highest BCUT2D eigenvalue weighted by atomic mass is 32.2. The standard InChI is InChI=1S/C19H28N4OS/c1-14(25-17-9-6-5-7-10-17)13-22-19(20-4)21-12-8-11-18-15(2)23-24-16(18)3/h5-7,9-10,14H,8,11-13H2,1-4H3,(H2,20,21,22). The third kappa shape index (κ3) is 6.46. The van der Waals surface area contributed by atoms with E-state index in [-0.39, 0.29) is 0 Å². The Balaban J connectivity index is 1.66. The van der Waals surface area contributed by atoms with Gasteiger partial charge >= 0.3 is 0 Å². The molecular formula is C19H28N4OS. The maximum Gasteiger partial charge on any atom is 0.191 e. The van der Waals surface area contributed by atoms with Crippen LogP contribution in [0.4, 0.5) is 0 Å². The van der Waals surface area contributed by atoms with Crippen molar-refractivity contribution in [2.45, 2.75) is 43.8 Å². The van der Waals surface area contributed by atoms with E-state index in [1.807, 2.05) is 31.7 Å². The molecule has 1 heterocycles. The van der Waals surface area contributed by atoms with E-state index in [1.54, 1.807) is 7.05 Å². The largest absolute Gasteiger partial charge is 0.361 e. The number of thioether (sulfide) groups is 1. The Morgan fingerprint density at radius 2 is 2.00 bits per heavy atom. The van der Waals surface area contributed by atoms with E-state index in [0.29, 0.717) is 5.25 Å². The zero-order chi connectivity index (χ0) is 18.1. The van der Waals surface area contributed by atoms with Crippen molar-refractivity contribution in [3.8, 4) is 0 Å². The summed E-state index contributed by atoms with van der Waals surface area (Å²) in [7, 11) is 1.80. The van der Waals surface area contributed by atoms with Crippen molar-refractivity contribution < 1.29 is 4.52 Å². The molecule has 2 aromatic rings. The van der Waals surface area contributed by atoms with Crippen molar-refractivity contribution in [3.05, 3.63) is 47.3 Å². The topological polar surface area (TPSA) is 62.5 Å². The highest BCUT2D eigenvalue weighted by Crippen LogP contribution is 2.21. The molecule has 0 spiro atoms. The molecule has 2 rings (SSSR count). The lowest BCUT2D eigenvalue weighted by Crippen LogP contribution is -2.40. The molecular weight excluding hydrogens is 332 g/mol. The van der Waals surface area contributed by atoms with E-state index < -0.39 is 0 Å². The first-order valence-electron chi connectivity index (χ1n) is 8.68. The summed E-state index contributed by atoms with van der Waals surface area (Å²) in [6.45, 7) is 7.91. The maximum atomic E-state index is 5.20. The van der Waals surface area contributed by atoms with Crippen LogP contribution in [-0.2, 0) is 6.42 Å². The molecule has 2 N–H and O–H groups in total. The number of aryl methyl sites for hydroxylation is 2. The second-order valence-electron chi connectivity index (χ2n) is 6.03. The molecule has 0 saturated carbocycles. The number of guanidine groups is 1. The summed E-state index contributed by atoms with van der Waals surface area (Å²) in [5.41, 5.74) is 2.21. The lowest BCUT2D eigenvalue weighted by Gasteiger charge is -2.16. The van der Waals surface area contributed by atoms with Crippen molar-refractivity contribution in [1.29, 1.82) is 0 Å². The normalized spacial score (nSPS) is 12.9. The van der Waals surface area contributed by atoms with E-state index in [1.165, 1.54) is 10.5 Å². The SMILES string of the molecule is CN=C(NCCCc1c(C)noc1C)NCC(C)Sc1ccccc1. The fourth-order valence-corrected chi connectivity index (χ4v) is 3.51. The average molecular weight is 361 g/mol. The van der Waals surface area contributed by atoms with E-state index in [4.69, 9.17) is 4.52 Å². The van der Waals surface area contributed by atoms with Gasteiger partial charge in [0.1, 0.15) is 5.76 Å². The fourth-order valence-electron chi connectivity index (χ4n) is 2.56. The third-order valence-electron chi connectivity index (χ3n) is 3.94. The van der Waals surface area contributed by atoms with E-state index in [0.717, 1.165) is 43.3 Å². The third-order valence-corrected chi connectivity index (χ3v) is 5.05. The minimum absolute atomic E-state index is 0.461. The van der Waals surface area contributed by atoms with Gasteiger partial charge in [-0.1, -0.05) is 30.3 Å². The molecule has 0 aliphatic carbocycles. The van der Waals surface area contributed by atoms with Gasteiger partial charge in [0.25, 0.3) is 0 Å². The van der Waals surface area contributed by atoms with E-state index in [9.17, 15) is 0 Å². The minimum atomic E-state index is 0.461. The summed E-state index contributed by atoms with van der Waals surface area (Å²) in [6, 6.07) is 10.5. The van der Waals surface area contributed by atoms with Gasteiger partial charge in [0.2, 0.25) is 0 Å². The van der Waals surface area contributed by atoms with E-state index in [2.05, 4.69) is 52.0 Å². The predicted octanol–water partition coefficient (Wildman–Crippen LogP) is 3.57. The first kappa shape index (κ1) is 19.4. The molecule has 0 fully saturated rings. The number of aromatic nitrogens is 1. The Morgan fingerprint density at radius 1 is 1.24 bits per heavy atom. The molecule has 0 bridgehead atoms. The lowest BCUT2D eigenvalue weighted by atomic mass is 10.1. The summed E-state index contributed by atoms with van der Waals surface area (Å²) in [5.74, 6) is 1.77. The van der Waals surface area contributed by atoms with Gasteiger partial charge in [0, 0.05) is 35.8 Å². The number of hydrogen-bond acceptors (Lipinski definition) is 4. The Kier molecular flexibility index (Phi) is 7.85. The molecule has 1 aromatic heterocycles. The van der Waals surface area contributed by atoms with Gasteiger partial charge in [-0.3, -0.25) is 4.99 Å². The number of nitrogens with zero attached hydrogens (tertiary/aromatic N) is 2. The molecule has 0 aliphatic rings. The summed E-state index contributed by atoms with van der Waals surface area (Å²) in [5, 5.41) is 11.2. The van der Waals surface area contributed by atoms with Crippen molar-refractivity contribution in [2.75, 3.05) is 20.1 Å². The van der Waals surface area contributed by atoms with Crippen LogP contribution in [0.25, 0.3) is 0 Å². The van der Waals surface area contributed by atoms with Gasteiger partial charge in [0.05, 0.1) is 5.69 Å². The van der Waals surface area contributed by atoms with Crippen molar-refractivity contribution >= 4 is 17.7 Å². The molecule has 5 nitrogen and oxygen atoms in total. The van der Waals surface area contributed by atoms with Gasteiger partial charge < -0.3 is 15.2 Å². The summed E-state index contributed by atoms with van der Waals surface area (Å²) in [6.07, 6.45) is 1.98.